The van der Waals surface area contributed by atoms with Gasteiger partial charge in [-0.2, -0.15) is 0 Å². The predicted molar refractivity (Wildman–Crippen MR) is 298 cm³/mol. The number of hydrogen-bond donors (Lipinski definition) is 8. The van der Waals surface area contributed by atoms with Crippen LogP contribution < -0.4 is 5.32 Å². The Bertz CT molecular complexity index is 1350. The second kappa shape index (κ2) is 49.7. The van der Waals surface area contributed by atoms with Gasteiger partial charge in [-0.25, -0.2) is 0 Å². The van der Waals surface area contributed by atoms with Crippen LogP contribution in [0.4, 0.5) is 0 Å². The molecule has 72 heavy (non-hydrogen) atoms. The highest BCUT2D eigenvalue weighted by molar-refractivity contribution is 5.80. The zero-order valence-corrected chi connectivity index (χ0v) is 45.9. The van der Waals surface area contributed by atoms with Gasteiger partial charge in [0.15, 0.2) is 6.29 Å². The molecule has 0 bridgehead atoms. The largest absolute Gasteiger partial charge is 0.394 e. The molecule has 1 rings (SSSR count). The maximum Gasteiger partial charge on any atom is 0.249 e. The third kappa shape index (κ3) is 37.5. The molecule has 0 radical (unpaired) electrons. The van der Waals surface area contributed by atoms with Crippen LogP contribution in [0.5, 0.6) is 0 Å². The van der Waals surface area contributed by atoms with E-state index >= 15 is 0 Å². The van der Waals surface area contributed by atoms with Crippen LogP contribution in [-0.4, -0.2) is 110 Å². The molecule has 1 saturated heterocycles. The van der Waals surface area contributed by atoms with Crippen molar-refractivity contribution < 1.29 is 50.0 Å². The molecule has 0 saturated carbocycles. The van der Waals surface area contributed by atoms with E-state index in [1.165, 1.54) is 141 Å². The molecule has 8 N–H and O–H groups in total. The summed E-state index contributed by atoms with van der Waals surface area (Å²) < 4.78 is 11.1. The number of aliphatic hydroxyl groups excluding tert-OH is 7. The fraction of sp³-hybridized carbons (Fsp3) is 0.820. The molecule has 1 aliphatic heterocycles. The number of hydrogen-bond acceptors (Lipinski definition) is 10. The molecule has 420 valence electrons. The maximum atomic E-state index is 13.1. The van der Waals surface area contributed by atoms with E-state index in [1.807, 2.05) is 0 Å². The van der Waals surface area contributed by atoms with Crippen molar-refractivity contribution in [3.63, 3.8) is 0 Å². The van der Waals surface area contributed by atoms with Crippen LogP contribution in [0.25, 0.3) is 0 Å². The SMILES string of the molecule is CCCCC/C=C\C=C/CCCCCCCC(O)C(=O)NC(COC1OC(CO)C(O)C(O)C1O)C(O)C(O)CCC/C=C/CC/C=C/CC/C=C/CCCCCCCCCCCCCCCCCCCC. The smallest absolute Gasteiger partial charge is 0.249 e. The van der Waals surface area contributed by atoms with E-state index in [0.29, 0.717) is 19.3 Å². The predicted octanol–water partition coefficient (Wildman–Crippen LogP) is 12.6. The molecule has 0 spiro atoms. The van der Waals surface area contributed by atoms with Crippen molar-refractivity contribution in [2.24, 2.45) is 0 Å². The van der Waals surface area contributed by atoms with Crippen molar-refractivity contribution in [2.45, 2.75) is 306 Å². The number of carbonyl (C=O) groups is 1. The van der Waals surface area contributed by atoms with Gasteiger partial charge in [0.2, 0.25) is 5.91 Å². The van der Waals surface area contributed by atoms with E-state index < -0.39 is 74.2 Å². The Balaban J connectivity index is 2.30. The first-order chi connectivity index (χ1) is 35.2. The summed E-state index contributed by atoms with van der Waals surface area (Å²) in [4.78, 5) is 13.1. The first-order valence-electron chi connectivity index (χ1n) is 29.7. The monoisotopic (exact) mass is 1020 g/mol. The Morgan fingerprint density at radius 3 is 1.35 bits per heavy atom. The van der Waals surface area contributed by atoms with Crippen LogP contribution >= 0.6 is 0 Å². The summed E-state index contributed by atoms with van der Waals surface area (Å²) in [6, 6.07) is -1.20. The summed E-state index contributed by atoms with van der Waals surface area (Å²) >= 11 is 0. The quantitative estimate of drug-likeness (QED) is 0.0165. The van der Waals surface area contributed by atoms with Crippen LogP contribution in [0.3, 0.4) is 0 Å². The van der Waals surface area contributed by atoms with Gasteiger partial charge in [0.05, 0.1) is 25.4 Å². The lowest BCUT2D eigenvalue weighted by Gasteiger charge is -2.40. The van der Waals surface area contributed by atoms with E-state index in [2.05, 4.69) is 79.9 Å². The fourth-order valence-corrected chi connectivity index (χ4v) is 9.17. The van der Waals surface area contributed by atoms with Crippen molar-refractivity contribution in [3.8, 4) is 0 Å². The first-order valence-corrected chi connectivity index (χ1v) is 29.7. The zero-order valence-electron chi connectivity index (χ0n) is 45.9. The Labute approximate surface area is 440 Å². The minimum Gasteiger partial charge on any atom is -0.394 e. The number of unbranched alkanes of at least 4 members (excludes halogenated alkanes) is 29. The molecule has 11 heteroatoms. The maximum absolute atomic E-state index is 13.1. The molecule has 0 aromatic heterocycles. The Morgan fingerprint density at radius 2 is 0.875 bits per heavy atom. The summed E-state index contributed by atoms with van der Waals surface area (Å²) in [5, 5.41) is 76.0. The summed E-state index contributed by atoms with van der Waals surface area (Å²) in [6.07, 6.45) is 53.0. The van der Waals surface area contributed by atoms with Crippen molar-refractivity contribution in [1.82, 2.24) is 5.32 Å². The highest BCUT2D eigenvalue weighted by Crippen LogP contribution is 2.23. The van der Waals surface area contributed by atoms with Gasteiger partial charge in [-0.3, -0.25) is 4.79 Å². The molecule has 9 atom stereocenters. The van der Waals surface area contributed by atoms with Gasteiger partial charge in [0.1, 0.15) is 36.6 Å². The number of aliphatic hydroxyl groups is 7. The van der Waals surface area contributed by atoms with Crippen LogP contribution in [0.1, 0.15) is 251 Å². The Kier molecular flexibility index (Phi) is 46.8. The normalized spacial score (nSPS) is 20.5. The first kappa shape index (κ1) is 67.8. The molecule has 11 nitrogen and oxygen atoms in total. The second-order valence-electron chi connectivity index (χ2n) is 20.7. The average Bonchev–Trinajstić information content (AvgIpc) is 3.38. The number of allylic oxidation sites excluding steroid dienone is 10. The highest BCUT2D eigenvalue weighted by Gasteiger charge is 2.44. The van der Waals surface area contributed by atoms with Gasteiger partial charge in [-0.1, -0.05) is 222 Å². The van der Waals surface area contributed by atoms with Gasteiger partial charge in [-0.15, -0.1) is 0 Å². The second-order valence-corrected chi connectivity index (χ2v) is 20.7. The highest BCUT2D eigenvalue weighted by atomic mass is 16.7. The molecule has 0 aromatic carbocycles. The Hall–Kier alpha value is -2.19. The van der Waals surface area contributed by atoms with Crippen LogP contribution in [-0.2, 0) is 14.3 Å². The van der Waals surface area contributed by atoms with Crippen molar-refractivity contribution in [1.29, 1.82) is 0 Å². The lowest BCUT2D eigenvalue weighted by atomic mass is 9.98. The van der Waals surface area contributed by atoms with Crippen molar-refractivity contribution >= 4 is 5.91 Å². The zero-order chi connectivity index (χ0) is 52.5. The third-order valence-corrected chi connectivity index (χ3v) is 14.0. The van der Waals surface area contributed by atoms with E-state index in [0.717, 1.165) is 64.2 Å². The number of amides is 1. The molecule has 0 aliphatic carbocycles. The number of ether oxygens (including phenoxy) is 2. The minimum absolute atomic E-state index is 0.229. The topological polar surface area (TPSA) is 189 Å². The van der Waals surface area contributed by atoms with Crippen LogP contribution in [0.2, 0.25) is 0 Å². The fourth-order valence-electron chi connectivity index (χ4n) is 9.17. The summed E-state index contributed by atoms with van der Waals surface area (Å²) in [5.41, 5.74) is 0. The van der Waals surface area contributed by atoms with E-state index in [-0.39, 0.29) is 12.8 Å². The van der Waals surface area contributed by atoms with Gasteiger partial charge in [0.25, 0.3) is 0 Å². The van der Waals surface area contributed by atoms with Gasteiger partial charge in [0, 0.05) is 0 Å². The number of rotatable bonds is 50. The molecule has 1 amide bonds. The Morgan fingerprint density at radius 1 is 0.486 bits per heavy atom. The van der Waals surface area contributed by atoms with Crippen LogP contribution in [0.15, 0.2) is 60.8 Å². The lowest BCUT2D eigenvalue weighted by Crippen LogP contribution is -2.60. The summed E-state index contributed by atoms with van der Waals surface area (Å²) in [7, 11) is 0. The minimum atomic E-state index is -1.68. The molecule has 1 heterocycles. The molecule has 0 aromatic rings. The van der Waals surface area contributed by atoms with Gasteiger partial charge in [-0.05, 0) is 89.9 Å². The van der Waals surface area contributed by atoms with Crippen LogP contribution in [0, 0.1) is 0 Å². The van der Waals surface area contributed by atoms with Crippen molar-refractivity contribution in [2.75, 3.05) is 13.2 Å². The van der Waals surface area contributed by atoms with Gasteiger partial charge < -0.3 is 50.5 Å². The molecule has 9 unspecified atom stereocenters. The van der Waals surface area contributed by atoms with Gasteiger partial charge >= 0.3 is 0 Å². The molecular formula is C61H111NO10. The lowest BCUT2D eigenvalue weighted by molar-refractivity contribution is -0.303. The average molecular weight is 1020 g/mol. The molecular weight excluding hydrogens is 907 g/mol. The van der Waals surface area contributed by atoms with Crippen molar-refractivity contribution in [3.05, 3.63) is 60.8 Å². The number of carbonyl (C=O) groups excluding carboxylic acids is 1. The summed E-state index contributed by atoms with van der Waals surface area (Å²) in [5.74, 6) is -0.726. The van der Waals surface area contributed by atoms with E-state index in [9.17, 15) is 40.5 Å². The van der Waals surface area contributed by atoms with E-state index in [4.69, 9.17) is 9.47 Å². The standard InChI is InChI=1S/C61H111NO10/c1-3-5-7-9-11-13-15-17-19-20-21-22-23-24-25-26-27-28-29-30-31-32-33-34-35-37-38-40-42-44-46-48-53(64)56(66)52(51-71-61-59(69)58(68)57(67)55(50-63)72-61)62-60(70)54(65)49-47-45-43-41-39-36-18-16-14-12-10-8-6-4-2/h12,14,16,18,30-31,34-35,40,42,52-59,61,63-69H,3-11,13,15,17,19-29,32-33,36-39,41,43-51H2,1-2H3,(H,62,70)/b14-12-,18-16-,31-30+,35-34+,42-40+. The third-order valence-electron chi connectivity index (χ3n) is 14.0. The summed E-state index contributed by atoms with van der Waals surface area (Å²) in [6.45, 7) is 3.40. The molecule has 1 aliphatic rings. The van der Waals surface area contributed by atoms with E-state index in [1.54, 1.807) is 0 Å². The number of nitrogens with one attached hydrogen (secondary N) is 1. The molecule has 1 fully saturated rings.